The van der Waals surface area contributed by atoms with Gasteiger partial charge < -0.3 is 25.4 Å². The van der Waals surface area contributed by atoms with E-state index in [0.29, 0.717) is 26.2 Å². The van der Waals surface area contributed by atoms with Crippen LogP contribution in [0.15, 0.2) is 48.5 Å². The molecule has 0 unspecified atom stereocenters. The van der Waals surface area contributed by atoms with Crippen LogP contribution in [0.3, 0.4) is 0 Å². The monoisotopic (exact) mass is 642 g/mol. The molecule has 7 nitrogen and oxygen atoms in total. The van der Waals surface area contributed by atoms with Gasteiger partial charge in [0.1, 0.15) is 0 Å². The number of hydrogen-bond acceptors (Lipinski definition) is 6. The second-order valence-electron chi connectivity index (χ2n) is 7.12. The first-order valence-corrected chi connectivity index (χ1v) is 11.7. The quantitative estimate of drug-likeness (QED) is 0.171. The molecule has 4 N–H and O–H groups in total. The first kappa shape index (κ1) is 32.9. The molecule has 0 spiro atoms. The Labute approximate surface area is 219 Å². The average molecular weight is 642 g/mol. The van der Waals surface area contributed by atoms with Crippen molar-refractivity contribution < 1.29 is 45.6 Å². The molecule has 0 fully saturated rings. The van der Waals surface area contributed by atoms with Gasteiger partial charge in [0.25, 0.3) is 0 Å². The minimum atomic E-state index is -0.150. The van der Waals surface area contributed by atoms with Gasteiger partial charge in [-0.25, -0.2) is 0 Å². The fraction of sp³-hybridized carbons (Fsp3) is 0.520. The van der Waals surface area contributed by atoms with Gasteiger partial charge in [0, 0.05) is 39.7 Å². The van der Waals surface area contributed by atoms with Crippen LogP contribution in [0.2, 0.25) is 6.82 Å². The van der Waals surface area contributed by atoms with Crippen LogP contribution in [0.4, 0.5) is 0 Å². The van der Waals surface area contributed by atoms with Crippen LogP contribution in [0, 0.1) is 0 Å². The summed E-state index contributed by atoms with van der Waals surface area (Å²) in [7, 11) is 1.52. The van der Waals surface area contributed by atoms with Crippen molar-refractivity contribution in [2.45, 2.75) is 45.3 Å². The fourth-order valence-electron chi connectivity index (χ4n) is 4.08. The van der Waals surface area contributed by atoms with E-state index >= 15 is 0 Å². The molecule has 2 aromatic carbocycles. The Morgan fingerprint density at radius 3 is 1.97 bits per heavy atom. The van der Waals surface area contributed by atoms with Crippen LogP contribution in [-0.2, 0) is 40.8 Å². The predicted octanol–water partition coefficient (Wildman–Crippen LogP) is 4.31. The number of nitrogens with one attached hydrogen (secondary N) is 2. The molecule has 189 valence electrons. The average Bonchev–Trinajstić information content (AvgIpc) is 3.14. The molecule has 0 aliphatic heterocycles. The van der Waals surface area contributed by atoms with Crippen molar-refractivity contribution >= 4 is 7.48 Å². The molecule has 1 aliphatic rings. The largest absolute Gasteiger partial charge is 0.676 e. The third-order valence-corrected chi connectivity index (χ3v) is 5.27. The van der Waals surface area contributed by atoms with E-state index in [4.69, 9.17) is 25.2 Å². The van der Waals surface area contributed by atoms with Crippen LogP contribution in [0.5, 0.6) is 0 Å². The van der Waals surface area contributed by atoms with Gasteiger partial charge >= 0.3 is 7.48 Å². The number of aliphatic hydroxyl groups excluding tert-OH is 2. The summed E-state index contributed by atoms with van der Waals surface area (Å²) in [6.07, 6.45) is 2.50. The number of hydrogen-bond donors (Lipinski definition) is 3. The first-order valence-electron chi connectivity index (χ1n) is 11.7. The van der Waals surface area contributed by atoms with E-state index in [0.717, 1.165) is 12.8 Å². The molecule has 3 rings (SSSR count). The van der Waals surface area contributed by atoms with E-state index < -0.39 is 0 Å². The number of rotatable bonds is 13. The van der Waals surface area contributed by atoms with Crippen LogP contribution in [0.1, 0.15) is 44.2 Å². The number of fused-ring (bicyclic) bond motifs is 3. The Kier molecular flexibility index (Phi) is 19.5. The van der Waals surface area contributed by atoms with Gasteiger partial charge in [0.15, 0.2) is 0 Å². The minimum Gasteiger partial charge on any atom is -0.676 e. The maximum absolute atomic E-state index is 9.75. The molecule has 0 atom stereocenters. The standard InChI is InChI=1S/C19H23BNO3.C4H10NO2.C2H6.W/c1-20-24-21-23-14-6-11-19(12-13-22)17-9-4-2-7-15(17)16-8-3-5-10-18(16)19;5-1-3-7-4-2-6;1-2;/h2-5,7-10,21-22H,6,11-14H2,1H3;5-6H,1-4H2;1-2H3;/q;-1;;. The van der Waals surface area contributed by atoms with Crippen molar-refractivity contribution in [2.75, 3.05) is 39.6 Å². The SMILES string of the molecule is CC.C[B]ONOCCCC1(CCO)c2ccccc2-c2ccccc21.[NH-]CCOCCO.[W]. The predicted molar refractivity (Wildman–Crippen MR) is 134 cm³/mol. The summed E-state index contributed by atoms with van der Waals surface area (Å²) < 4.78 is 9.55. The number of aliphatic hydroxyl groups is 2. The Hall–Kier alpha value is -1.09. The van der Waals surface area contributed by atoms with Gasteiger partial charge in [0.05, 0.1) is 19.8 Å². The van der Waals surface area contributed by atoms with Gasteiger partial charge in [-0.05, 0) is 41.5 Å². The van der Waals surface area contributed by atoms with Crippen LogP contribution >= 0.6 is 0 Å². The summed E-state index contributed by atoms with van der Waals surface area (Å²) in [5.41, 5.74) is 14.0. The molecule has 0 aromatic heterocycles. The second kappa shape index (κ2) is 20.1. The Morgan fingerprint density at radius 2 is 1.47 bits per heavy atom. The topological polar surface area (TPSA) is 104 Å². The van der Waals surface area contributed by atoms with Gasteiger partial charge in [0.2, 0.25) is 0 Å². The van der Waals surface area contributed by atoms with Crippen molar-refractivity contribution in [3.05, 3.63) is 65.4 Å². The van der Waals surface area contributed by atoms with Gasteiger partial charge in [-0.2, -0.15) is 0 Å². The molecule has 1 radical (unpaired) electrons. The molecule has 34 heavy (non-hydrogen) atoms. The number of benzene rings is 2. The third kappa shape index (κ3) is 9.52. The normalized spacial score (nSPS) is 12.2. The summed E-state index contributed by atoms with van der Waals surface area (Å²) >= 11 is 0. The second-order valence-corrected chi connectivity index (χ2v) is 7.12. The van der Waals surface area contributed by atoms with Crippen LogP contribution in [0.25, 0.3) is 16.9 Å². The Balaban J connectivity index is 0.000000942. The van der Waals surface area contributed by atoms with E-state index in [1.165, 1.54) is 29.7 Å². The summed E-state index contributed by atoms with van der Waals surface area (Å²) in [4.78, 5) is 5.27. The molecule has 0 heterocycles. The van der Waals surface area contributed by atoms with Gasteiger partial charge in [-0.3, -0.25) is 4.84 Å². The third-order valence-electron chi connectivity index (χ3n) is 5.27. The molecule has 2 aromatic rings. The van der Waals surface area contributed by atoms with Crippen molar-refractivity contribution in [1.82, 2.24) is 5.64 Å². The minimum absolute atomic E-state index is 0. The Bertz CT molecular complexity index is 720. The first-order chi connectivity index (χ1) is 16.2. The zero-order valence-corrected chi connectivity index (χ0v) is 23.5. The summed E-state index contributed by atoms with van der Waals surface area (Å²) in [5, 5.41) is 17.9. The van der Waals surface area contributed by atoms with Crippen LogP contribution in [-0.4, -0.2) is 57.3 Å². The molecule has 1 aliphatic carbocycles. The fourth-order valence-corrected chi connectivity index (χ4v) is 4.08. The summed E-state index contributed by atoms with van der Waals surface area (Å²) in [6, 6.07) is 17.1. The van der Waals surface area contributed by atoms with Crippen LogP contribution < -0.4 is 5.64 Å². The van der Waals surface area contributed by atoms with E-state index in [1.54, 1.807) is 6.82 Å². The van der Waals surface area contributed by atoms with Gasteiger partial charge in [-0.1, -0.05) is 74.8 Å². The van der Waals surface area contributed by atoms with E-state index in [9.17, 15) is 5.11 Å². The van der Waals surface area contributed by atoms with Crippen molar-refractivity contribution in [3.63, 3.8) is 0 Å². The van der Waals surface area contributed by atoms with Crippen molar-refractivity contribution in [2.24, 2.45) is 0 Å². The summed E-state index contributed by atoms with van der Waals surface area (Å²) in [5.74, 6) is 0. The zero-order chi connectivity index (χ0) is 24.4. The molecule has 0 saturated heterocycles. The Morgan fingerprint density at radius 1 is 0.882 bits per heavy atom. The molecule has 9 heteroatoms. The maximum atomic E-state index is 9.75. The van der Waals surface area contributed by atoms with E-state index in [-0.39, 0.29) is 46.2 Å². The molecular weight excluding hydrogens is 603 g/mol. The molecule has 0 saturated carbocycles. The maximum Gasteiger partial charge on any atom is 0.324 e. The zero-order valence-electron chi connectivity index (χ0n) is 20.6. The van der Waals surface area contributed by atoms with Gasteiger partial charge in [-0.15, -0.1) is 6.54 Å². The smallest absolute Gasteiger partial charge is 0.324 e. The van der Waals surface area contributed by atoms with E-state index in [1.807, 2.05) is 13.8 Å². The summed E-state index contributed by atoms with van der Waals surface area (Å²) in [6.45, 7) is 7.61. The molecular formula is C25H39BN2O5W-. The van der Waals surface area contributed by atoms with E-state index in [2.05, 4.69) is 54.2 Å². The molecule has 0 amide bonds. The number of ether oxygens (including phenoxy) is 1. The van der Waals surface area contributed by atoms with Crippen molar-refractivity contribution in [3.8, 4) is 11.1 Å². The molecule has 0 bridgehead atoms. The van der Waals surface area contributed by atoms with Crippen molar-refractivity contribution in [1.29, 1.82) is 0 Å².